The van der Waals surface area contributed by atoms with Crippen molar-refractivity contribution in [3.63, 3.8) is 0 Å². The van der Waals surface area contributed by atoms with Crippen molar-refractivity contribution < 1.29 is 4.79 Å². The van der Waals surface area contributed by atoms with Crippen LogP contribution in [0.3, 0.4) is 0 Å². The third kappa shape index (κ3) is 4.44. The number of nitrogens with zero attached hydrogens (tertiary/aromatic N) is 2. The molecule has 0 saturated carbocycles. The number of hydrogen-bond acceptors (Lipinski definition) is 3. The Balaban J connectivity index is 1.27. The normalized spacial score (nSPS) is 16.1. The first-order valence-electron chi connectivity index (χ1n) is 9.45. The number of carbonyl (C=O) groups is 1. The summed E-state index contributed by atoms with van der Waals surface area (Å²) in [5.74, 6) is -0.0326. The molecule has 1 aliphatic heterocycles. The molecular weight excluding hydrogens is 336 g/mol. The van der Waals surface area contributed by atoms with Crippen molar-refractivity contribution in [2.45, 2.75) is 25.4 Å². The average molecular weight is 360 g/mol. The molecule has 0 spiro atoms. The third-order valence-corrected chi connectivity index (χ3v) is 5.08. The van der Waals surface area contributed by atoms with Gasteiger partial charge in [-0.15, -0.1) is 0 Å². The van der Waals surface area contributed by atoms with E-state index in [9.17, 15) is 4.79 Å². The van der Waals surface area contributed by atoms with E-state index in [-0.39, 0.29) is 11.9 Å². The van der Waals surface area contributed by atoms with E-state index < -0.39 is 0 Å². The molecule has 4 rings (SSSR count). The number of aromatic amines is 1. The SMILES string of the molecule is O=C(C=Cc1c[nH]c2ncccc12)NC1CCN(Cc2ccccc2)CC1. The zero-order valence-corrected chi connectivity index (χ0v) is 15.3. The number of nitrogens with one attached hydrogen (secondary N) is 2. The monoisotopic (exact) mass is 360 g/mol. The molecule has 1 saturated heterocycles. The number of H-pyrrole nitrogens is 1. The third-order valence-electron chi connectivity index (χ3n) is 5.08. The summed E-state index contributed by atoms with van der Waals surface area (Å²) in [6, 6.07) is 14.7. The summed E-state index contributed by atoms with van der Waals surface area (Å²) in [5.41, 5.74) is 3.16. The first-order chi connectivity index (χ1) is 13.3. The van der Waals surface area contributed by atoms with Gasteiger partial charge in [-0.3, -0.25) is 9.69 Å². The van der Waals surface area contributed by atoms with Gasteiger partial charge in [-0.05, 0) is 36.6 Å². The first-order valence-corrected chi connectivity index (χ1v) is 9.45. The quantitative estimate of drug-likeness (QED) is 0.686. The van der Waals surface area contributed by atoms with Crippen LogP contribution in [-0.2, 0) is 11.3 Å². The molecule has 0 aliphatic carbocycles. The van der Waals surface area contributed by atoms with Crippen molar-refractivity contribution >= 4 is 23.0 Å². The van der Waals surface area contributed by atoms with Crippen LogP contribution in [0.5, 0.6) is 0 Å². The van der Waals surface area contributed by atoms with Gasteiger partial charge in [-0.2, -0.15) is 0 Å². The Morgan fingerprint density at radius 2 is 2.00 bits per heavy atom. The summed E-state index contributed by atoms with van der Waals surface area (Å²) in [4.78, 5) is 22.1. The maximum atomic E-state index is 12.3. The van der Waals surface area contributed by atoms with E-state index in [2.05, 4.69) is 44.5 Å². The summed E-state index contributed by atoms with van der Waals surface area (Å²) in [6.07, 6.45) is 9.08. The number of carbonyl (C=O) groups excluding carboxylic acids is 1. The van der Waals surface area contributed by atoms with Gasteiger partial charge in [0.05, 0.1) is 0 Å². The molecule has 27 heavy (non-hydrogen) atoms. The Morgan fingerprint density at radius 3 is 2.81 bits per heavy atom. The summed E-state index contributed by atoms with van der Waals surface area (Å²) < 4.78 is 0. The number of piperidine rings is 1. The lowest BCUT2D eigenvalue weighted by atomic mass is 10.0. The largest absolute Gasteiger partial charge is 0.350 e. The second-order valence-electron chi connectivity index (χ2n) is 7.02. The predicted octanol–water partition coefficient (Wildman–Crippen LogP) is 3.36. The molecule has 5 heteroatoms. The van der Waals surface area contributed by atoms with Crippen molar-refractivity contribution in [1.29, 1.82) is 0 Å². The van der Waals surface area contributed by atoms with Crippen LogP contribution in [-0.4, -0.2) is 39.9 Å². The van der Waals surface area contributed by atoms with E-state index in [1.807, 2.05) is 30.5 Å². The van der Waals surface area contributed by atoms with Crippen LogP contribution in [0.1, 0.15) is 24.0 Å². The lowest BCUT2D eigenvalue weighted by molar-refractivity contribution is -0.117. The number of amides is 1. The molecule has 3 heterocycles. The van der Waals surface area contributed by atoms with Crippen LogP contribution >= 0.6 is 0 Å². The topological polar surface area (TPSA) is 61.0 Å². The van der Waals surface area contributed by atoms with Crippen molar-refractivity contribution in [3.8, 4) is 0 Å². The Bertz CT molecular complexity index is 924. The minimum Gasteiger partial charge on any atom is -0.350 e. The molecule has 2 aromatic heterocycles. The minimum atomic E-state index is -0.0326. The van der Waals surface area contributed by atoms with Crippen LogP contribution in [0, 0.1) is 0 Å². The van der Waals surface area contributed by atoms with Crippen molar-refractivity contribution in [1.82, 2.24) is 20.2 Å². The van der Waals surface area contributed by atoms with E-state index in [1.54, 1.807) is 12.3 Å². The molecule has 0 radical (unpaired) electrons. The molecular formula is C22H24N4O. The molecule has 0 unspecified atom stereocenters. The summed E-state index contributed by atoms with van der Waals surface area (Å²) in [6.45, 7) is 3.01. The molecule has 138 valence electrons. The van der Waals surface area contributed by atoms with Gasteiger partial charge >= 0.3 is 0 Å². The first kappa shape index (κ1) is 17.5. The second kappa shape index (κ2) is 8.18. The van der Waals surface area contributed by atoms with E-state index >= 15 is 0 Å². The van der Waals surface area contributed by atoms with Gasteiger partial charge < -0.3 is 10.3 Å². The number of rotatable bonds is 5. The van der Waals surface area contributed by atoms with E-state index in [1.165, 1.54) is 5.56 Å². The van der Waals surface area contributed by atoms with Crippen molar-refractivity contribution in [2.24, 2.45) is 0 Å². The highest BCUT2D eigenvalue weighted by Crippen LogP contribution is 2.17. The van der Waals surface area contributed by atoms with Gasteiger partial charge in [-0.1, -0.05) is 30.3 Å². The Labute approximate surface area is 159 Å². The zero-order chi connectivity index (χ0) is 18.5. The molecule has 1 amide bonds. The highest BCUT2D eigenvalue weighted by atomic mass is 16.1. The van der Waals surface area contributed by atoms with Crippen LogP contribution in [0.2, 0.25) is 0 Å². The van der Waals surface area contributed by atoms with Gasteiger partial charge in [-0.25, -0.2) is 4.98 Å². The Morgan fingerprint density at radius 1 is 1.19 bits per heavy atom. The predicted molar refractivity (Wildman–Crippen MR) is 108 cm³/mol. The lowest BCUT2D eigenvalue weighted by Gasteiger charge is -2.32. The molecule has 2 N–H and O–H groups in total. The van der Waals surface area contributed by atoms with Gasteiger partial charge in [0.1, 0.15) is 5.65 Å². The van der Waals surface area contributed by atoms with Crippen LogP contribution in [0.25, 0.3) is 17.1 Å². The maximum Gasteiger partial charge on any atom is 0.244 e. The van der Waals surface area contributed by atoms with Gasteiger partial charge in [0.15, 0.2) is 0 Å². The Kier molecular flexibility index (Phi) is 5.30. The van der Waals surface area contributed by atoms with Crippen LogP contribution < -0.4 is 5.32 Å². The average Bonchev–Trinajstić information content (AvgIpc) is 3.12. The fraction of sp³-hybridized carbons (Fsp3) is 0.273. The fourth-order valence-electron chi connectivity index (χ4n) is 3.61. The highest BCUT2D eigenvalue weighted by Gasteiger charge is 2.20. The zero-order valence-electron chi connectivity index (χ0n) is 15.3. The molecule has 5 nitrogen and oxygen atoms in total. The van der Waals surface area contributed by atoms with E-state index in [0.29, 0.717) is 0 Å². The standard InChI is InChI=1S/C22H24N4O/c27-21(9-8-18-15-24-22-20(18)7-4-12-23-22)25-19-10-13-26(14-11-19)16-17-5-2-1-3-6-17/h1-9,12,15,19H,10-11,13-14,16H2,(H,23,24)(H,25,27). The number of benzene rings is 1. The van der Waals surface area contributed by atoms with Crippen molar-refractivity contribution in [2.75, 3.05) is 13.1 Å². The summed E-state index contributed by atoms with van der Waals surface area (Å²) >= 11 is 0. The van der Waals surface area contributed by atoms with Gasteiger partial charge in [0.2, 0.25) is 5.91 Å². The lowest BCUT2D eigenvalue weighted by Crippen LogP contribution is -2.43. The maximum absolute atomic E-state index is 12.3. The van der Waals surface area contributed by atoms with Crippen LogP contribution in [0.4, 0.5) is 0 Å². The number of aromatic nitrogens is 2. The molecule has 0 bridgehead atoms. The summed E-state index contributed by atoms with van der Waals surface area (Å²) in [7, 11) is 0. The minimum absolute atomic E-state index is 0.0326. The molecule has 0 atom stereocenters. The highest BCUT2D eigenvalue weighted by molar-refractivity contribution is 5.95. The van der Waals surface area contributed by atoms with Crippen molar-refractivity contribution in [3.05, 3.63) is 72.1 Å². The molecule has 1 aromatic carbocycles. The smallest absolute Gasteiger partial charge is 0.244 e. The van der Waals surface area contributed by atoms with E-state index in [4.69, 9.17) is 0 Å². The number of fused-ring (bicyclic) bond motifs is 1. The number of pyridine rings is 1. The number of hydrogen-bond donors (Lipinski definition) is 2. The molecule has 3 aromatic rings. The van der Waals surface area contributed by atoms with Crippen LogP contribution in [0.15, 0.2) is 60.9 Å². The summed E-state index contributed by atoms with van der Waals surface area (Å²) in [5, 5.41) is 4.16. The number of likely N-dealkylation sites (tertiary alicyclic amines) is 1. The second-order valence-corrected chi connectivity index (χ2v) is 7.02. The molecule has 1 fully saturated rings. The van der Waals surface area contributed by atoms with E-state index in [0.717, 1.165) is 49.1 Å². The van der Waals surface area contributed by atoms with Gasteiger partial charge in [0.25, 0.3) is 0 Å². The molecule has 1 aliphatic rings. The Hall–Kier alpha value is -2.92. The van der Waals surface area contributed by atoms with Gasteiger partial charge in [0, 0.05) is 55.1 Å². The fourth-order valence-corrected chi connectivity index (χ4v) is 3.61.